The van der Waals surface area contributed by atoms with Crippen LogP contribution in [0, 0.1) is 5.82 Å². The number of aromatic amines is 1. The zero-order valence-electron chi connectivity index (χ0n) is 21.5. The summed E-state index contributed by atoms with van der Waals surface area (Å²) in [5, 5.41) is 5.83. The van der Waals surface area contributed by atoms with E-state index in [0.29, 0.717) is 17.9 Å². The number of imidazole rings is 1. The van der Waals surface area contributed by atoms with Crippen molar-refractivity contribution in [3.05, 3.63) is 78.0 Å². The number of H-pyrrole nitrogens is 1. The molecule has 4 rings (SSSR count). The van der Waals surface area contributed by atoms with Crippen LogP contribution in [0.4, 0.5) is 9.18 Å². The smallest absolute Gasteiger partial charge is 0.318 e. The summed E-state index contributed by atoms with van der Waals surface area (Å²) in [5.41, 5.74) is 2.60. The van der Waals surface area contributed by atoms with E-state index in [0.717, 1.165) is 37.2 Å². The molecule has 2 aromatic carbocycles. The summed E-state index contributed by atoms with van der Waals surface area (Å²) in [7, 11) is 1.70. The Hall–Kier alpha value is -3.88. The Kier molecular flexibility index (Phi) is 8.43. The number of hydrogen-bond acceptors (Lipinski definition) is 4. The number of benzene rings is 2. The van der Waals surface area contributed by atoms with Crippen LogP contribution in [0.3, 0.4) is 0 Å². The van der Waals surface area contributed by atoms with Crippen molar-refractivity contribution in [2.24, 2.45) is 0 Å². The standard InChI is InChI=1S/C28H35FN6O2/c1-19(35-15-8-5-9-16-35)17-24(32-28(37)34(3)18-21-11-6-4-7-12-21)27(36)30-20(2)26-31-23-14-10-13-22(29)25(23)33-26/h4,6-7,10-14,20,24H,1,5,8-9,15-18H2,2-3H3,(H,30,36)(H,31,33)(H,32,37)/t20-,24-/m0/s1. The summed E-state index contributed by atoms with van der Waals surface area (Å²) in [6.45, 7) is 8.20. The van der Waals surface area contributed by atoms with Crippen LogP contribution in [0.1, 0.15) is 50.0 Å². The number of nitrogens with zero attached hydrogens (tertiary/aromatic N) is 3. The van der Waals surface area contributed by atoms with Crippen LogP contribution in [-0.4, -0.2) is 57.9 Å². The third-order valence-electron chi connectivity index (χ3n) is 6.72. The molecule has 9 heteroatoms. The number of nitrogens with one attached hydrogen (secondary N) is 3. The summed E-state index contributed by atoms with van der Waals surface area (Å²) in [5.74, 6) is -0.342. The van der Waals surface area contributed by atoms with Crippen molar-refractivity contribution in [3.63, 3.8) is 0 Å². The number of fused-ring (bicyclic) bond motifs is 1. The number of carbonyl (C=O) groups is 2. The van der Waals surface area contributed by atoms with Crippen molar-refractivity contribution in [2.75, 3.05) is 20.1 Å². The third-order valence-corrected chi connectivity index (χ3v) is 6.72. The van der Waals surface area contributed by atoms with Crippen LogP contribution in [0.2, 0.25) is 0 Å². The summed E-state index contributed by atoms with van der Waals surface area (Å²) in [6.07, 6.45) is 3.64. The van der Waals surface area contributed by atoms with Crippen LogP contribution in [0.15, 0.2) is 60.8 Å². The van der Waals surface area contributed by atoms with E-state index in [-0.39, 0.29) is 23.9 Å². The van der Waals surface area contributed by atoms with E-state index in [1.165, 1.54) is 12.5 Å². The summed E-state index contributed by atoms with van der Waals surface area (Å²) in [4.78, 5) is 37.6. The fraction of sp³-hybridized carbons (Fsp3) is 0.393. The normalized spacial score (nSPS) is 15.2. The van der Waals surface area contributed by atoms with Crippen molar-refractivity contribution in [2.45, 2.75) is 51.2 Å². The second-order valence-electron chi connectivity index (χ2n) is 9.65. The highest BCUT2D eigenvalue weighted by Crippen LogP contribution is 2.20. The fourth-order valence-corrected chi connectivity index (χ4v) is 4.58. The van der Waals surface area contributed by atoms with Gasteiger partial charge in [0.15, 0.2) is 5.82 Å². The van der Waals surface area contributed by atoms with Gasteiger partial charge < -0.3 is 25.4 Å². The quantitative estimate of drug-likeness (QED) is 0.399. The molecule has 1 saturated heterocycles. The van der Waals surface area contributed by atoms with Gasteiger partial charge in [0.05, 0.1) is 11.6 Å². The highest BCUT2D eigenvalue weighted by atomic mass is 19.1. The van der Waals surface area contributed by atoms with Gasteiger partial charge in [0.1, 0.15) is 17.4 Å². The van der Waals surface area contributed by atoms with E-state index in [2.05, 4.69) is 32.1 Å². The molecular formula is C28H35FN6O2. The minimum Gasteiger partial charge on any atom is -0.375 e. The molecule has 0 unspecified atom stereocenters. The van der Waals surface area contributed by atoms with Crippen LogP contribution in [0.25, 0.3) is 11.0 Å². The molecule has 1 fully saturated rings. The second-order valence-corrected chi connectivity index (χ2v) is 9.65. The fourth-order valence-electron chi connectivity index (χ4n) is 4.58. The number of aromatic nitrogens is 2. The number of para-hydroxylation sites is 1. The van der Waals surface area contributed by atoms with E-state index < -0.39 is 17.9 Å². The van der Waals surface area contributed by atoms with Gasteiger partial charge in [0.25, 0.3) is 0 Å². The molecule has 1 aliphatic rings. The average molecular weight is 507 g/mol. The highest BCUT2D eigenvalue weighted by molar-refractivity contribution is 5.87. The second kappa shape index (κ2) is 11.9. The third kappa shape index (κ3) is 6.67. The molecule has 3 amide bonds. The average Bonchev–Trinajstić information content (AvgIpc) is 3.35. The number of rotatable bonds is 9. The Morgan fingerprint density at radius 1 is 1.11 bits per heavy atom. The lowest BCUT2D eigenvalue weighted by Crippen LogP contribution is -2.51. The summed E-state index contributed by atoms with van der Waals surface area (Å²) >= 11 is 0. The zero-order chi connectivity index (χ0) is 26.4. The molecular weight excluding hydrogens is 471 g/mol. The van der Waals surface area contributed by atoms with Crippen LogP contribution >= 0.6 is 0 Å². The zero-order valence-corrected chi connectivity index (χ0v) is 21.5. The molecule has 0 radical (unpaired) electrons. The Labute approximate surface area is 216 Å². The number of piperidine rings is 1. The summed E-state index contributed by atoms with van der Waals surface area (Å²) < 4.78 is 14.1. The van der Waals surface area contributed by atoms with Gasteiger partial charge in [0.2, 0.25) is 5.91 Å². The molecule has 2 heterocycles. The molecule has 0 aliphatic carbocycles. The lowest BCUT2D eigenvalue weighted by molar-refractivity contribution is -0.123. The Bertz CT molecular complexity index is 1240. The van der Waals surface area contributed by atoms with Gasteiger partial charge in [-0.15, -0.1) is 0 Å². The SMILES string of the molecule is C=C(C[C@H](NC(=O)N(C)Cc1ccccc1)C(=O)N[C@@H](C)c1nc2c(F)cccc2[nH]1)N1CCCCC1. The topological polar surface area (TPSA) is 93.4 Å². The van der Waals surface area contributed by atoms with Crippen LogP contribution in [-0.2, 0) is 11.3 Å². The van der Waals surface area contributed by atoms with Crippen molar-refractivity contribution in [3.8, 4) is 0 Å². The van der Waals surface area contributed by atoms with E-state index in [9.17, 15) is 14.0 Å². The van der Waals surface area contributed by atoms with Gasteiger partial charge in [-0.25, -0.2) is 14.2 Å². The molecule has 3 N–H and O–H groups in total. The van der Waals surface area contributed by atoms with Crippen molar-refractivity contribution >= 4 is 23.0 Å². The number of urea groups is 1. The van der Waals surface area contributed by atoms with Gasteiger partial charge in [-0.05, 0) is 43.9 Å². The maximum atomic E-state index is 14.1. The largest absolute Gasteiger partial charge is 0.375 e. The lowest BCUT2D eigenvalue weighted by atomic mass is 10.1. The van der Waals surface area contributed by atoms with Gasteiger partial charge >= 0.3 is 6.03 Å². The first-order valence-electron chi connectivity index (χ1n) is 12.7. The number of likely N-dealkylation sites (tertiary alicyclic amines) is 1. The predicted octanol–water partition coefficient (Wildman–Crippen LogP) is 4.48. The number of hydrogen-bond donors (Lipinski definition) is 3. The van der Waals surface area contributed by atoms with E-state index in [4.69, 9.17) is 0 Å². The monoisotopic (exact) mass is 506 g/mol. The van der Waals surface area contributed by atoms with E-state index in [1.807, 2.05) is 30.3 Å². The van der Waals surface area contributed by atoms with E-state index in [1.54, 1.807) is 31.0 Å². The van der Waals surface area contributed by atoms with Gasteiger partial charge in [-0.1, -0.05) is 43.0 Å². The Balaban J connectivity index is 1.46. The Morgan fingerprint density at radius 2 is 1.84 bits per heavy atom. The summed E-state index contributed by atoms with van der Waals surface area (Å²) in [6, 6.07) is 12.6. The van der Waals surface area contributed by atoms with Gasteiger partial charge in [0, 0.05) is 38.8 Å². The van der Waals surface area contributed by atoms with Gasteiger partial charge in [-0.2, -0.15) is 0 Å². The highest BCUT2D eigenvalue weighted by Gasteiger charge is 2.27. The predicted molar refractivity (Wildman–Crippen MR) is 142 cm³/mol. The number of carbonyl (C=O) groups excluding carboxylic acids is 2. The first-order valence-corrected chi connectivity index (χ1v) is 12.7. The minimum absolute atomic E-state index is 0.226. The molecule has 1 aliphatic heterocycles. The molecule has 0 saturated carbocycles. The lowest BCUT2D eigenvalue weighted by Gasteiger charge is -2.32. The van der Waals surface area contributed by atoms with Crippen molar-refractivity contribution < 1.29 is 14.0 Å². The first-order chi connectivity index (χ1) is 17.8. The molecule has 1 aromatic heterocycles. The van der Waals surface area contributed by atoms with Crippen molar-refractivity contribution in [1.82, 2.24) is 30.4 Å². The number of amides is 3. The molecule has 196 valence electrons. The van der Waals surface area contributed by atoms with Crippen LogP contribution < -0.4 is 10.6 Å². The number of halogens is 1. The van der Waals surface area contributed by atoms with E-state index >= 15 is 0 Å². The molecule has 8 nitrogen and oxygen atoms in total. The molecule has 2 atom stereocenters. The molecule has 3 aromatic rings. The first kappa shape index (κ1) is 26.2. The van der Waals surface area contributed by atoms with Crippen molar-refractivity contribution in [1.29, 1.82) is 0 Å². The maximum Gasteiger partial charge on any atom is 0.318 e. The molecule has 0 spiro atoms. The van der Waals surface area contributed by atoms with Crippen LogP contribution in [0.5, 0.6) is 0 Å². The molecule has 37 heavy (non-hydrogen) atoms. The molecule has 0 bridgehead atoms. The van der Waals surface area contributed by atoms with Gasteiger partial charge in [-0.3, -0.25) is 4.79 Å². The Morgan fingerprint density at radius 3 is 2.54 bits per heavy atom. The minimum atomic E-state index is -0.830. The maximum absolute atomic E-state index is 14.1.